The van der Waals surface area contributed by atoms with Gasteiger partial charge in [0.25, 0.3) is 0 Å². The Bertz CT molecular complexity index is 287. The van der Waals surface area contributed by atoms with E-state index < -0.39 is 0 Å². The van der Waals surface area contributed by atoms with E-state index in [9.17, 15) is 4.79 Å². The van der Waals surface area contributed by atoms with E-state index >= 15 is 0 Å². The first-order valence-electron chi connectivity index (χ1n) is 8.11. The number of hydrogen-bond donors (Lipinski definition) is 1. The summed E-state index contributed by atoms with van der Waals surface area (Å²) in [6.45, 7) is 8.24. The molecule has 1 N–H and O–H groups in total. The molecule has 0 radical (unpaired) electrons. The summed E-state index contributed by atoms with van der Waals surface area (Å²) in [5.41, 5.74) is 0. The molecule has 1 saturated carbocycles. The number of nitrogens with zero attached hydrogens (tertiary/aromatic N) is 1. The van der Waals surface area contributed by atoms with E-state index in [0.717, 1.165) is 37.9 Å². The monoisotopic (exact) mass is 266 g/mol. The molecule has 0 aromatic heterocycles. The fraction of sp³-hybridized carbons (Fsp3) is 0.938. The van der Waals surface area contributed by atoms with Crippen LogP contribution in [-0.4, -0.2) is 36.0 Å². The second kappa shape index (κ2) is 6.74. The van der Waals surface area contributed by atoms with Gasteiger partial charge in [0.15, 0.2) is 0 Å². The van der Waals surface area contributed by atoms with Crippen LogP contribution in [0.15, 0.2) is 0 Å². The molecule has 0 bridgehead atoms. The largest absolute Gasteiger partial charge is 0.342 e. The number of carbonyl (C=O) groups is 1. The Morgan fingerprint density at radius 3 is 2.05 bits per heavy atom. The Hall–Kier alpha value is -0.570. The molecular weight excluding hydrogens is 236 g/mol. The molecule has 2 aliphatic rings. The predicted octanol–water partition coefficient (Wildman–Crippen LogP) is 2.80. The molecule has 0 aromatic carbocycles. The fourth-order valence-electron chi connectivity index (χ4n) is 3.39. The minimum atomic E-state index is 0.143. The van der Waals surface area contributed by atoms with Gasteiger partial charge in [-0.2, -0.15) is 0 Å². The maximum absolute atomic E-state index is 11.9. The van der Waals surface area contributed by atoms with E-state index in [-0.39, 0.29) is 5.92 Å². The van der Waals surface area contributed by atoms with E-state index in [1.807, 2.05) is 18.7 Å². The number of hydrogen-bond acceptors (Lipinski definition) is 2. The third-order valence-corrected chi connectivity index (χ3v) is 4.79. The summed E-state index contributed by atoms with van der Waals surface area (Å²) in [6, 6.07) is 1.36. The molecule has 1 aliphatic heterocycles. The molecule has 19 heavy (non-hydrogen) atoms. The molecule has 1 saturated heterocycles. The molecular formula is C16H30N2O. The number of amides is 1. The van der Waals surface area contributed by atoms with Crippen molar-refractivity contribution >= 4 is 5.91 Å². The second-order valence-electron chi connectivity index (χ2n) is 6.88. The van der Waals surface area contributed by atoms with Gasteiger partial charge in [-0.1, -0.05) is 20.8 Å². The third-order valence-electron chi connectivity index (χ3n) is 4.79. The maximum atomic E-state index is 11.9. The van der Waals surface area contributed by atoms with Crippen molar-refractivity contribution in [3.63, 3.8) is 0 Å². The first-order chi connectivity index (χ1) is 9.06. The minimum Gasteiger partial charge on any atom is -0.342 e. The van der Waals surface area contributed by atoms with Crippen molar-refractivity contribution in [1.29, 1.82) is 0 Å². The smallest absolute Gasteiger partial charge is 0.225 e. The van der Waals surface area contributed by atoms with Crippen molar-refractivity contribution in [1.82, 2.24) is 10.2 Å². The molecule has 2 rings (SSSR count). The predicted molar refractivity (Wildman–Crippen MR) is 79.0 cm³/mol. The van der Waals surface area contributed by atoms with Crippen LogP contribution in [0.4, 0.5) is 0 Å². The van der Waals surface area contributed by atoms with Gasteiger partial charge in [0.05, 0.1) is 0 Å². The van der Waals surface area contributed by atoms with E-state index in [1.54, 1.807) is 0 Å². The number of likely N-dealkylation sites (tertiary alicyclic amines) is 1. The summed E-state index contributed by atoms with van der Waals surface area (Å²) in [5.74, 6) is 1.39. The minimum absolute atomic E-state index is 0.143. The number of nitrogens with one attached hydrogen (secondary N) is 1. The Morgan fingerprint density at radius 2 is 1.53 bits per heavy atom. The zero-order valence-corrected chi connectivity index (χ0v) is 12.8. The summed E-state index contributed by atoms with van der Waals surface area (Å²) in [7, 11) is 0. The lowest BCUT2D eigenvalue weighted by molar-refractivity contribution is -0.135. The average Bonchev–Trinajstić information content (AvgIpc) is 2.41. The molecule has 0 unspecified atom stereocenters. The van der Waals surface area contributed by atoms with Gasteiger partial charge in [0, 0.05) is 31.1 Å². The zero-order chi connectivity index (χ0) is 13.8. The van der Waals surface area contributed by atoms with Crippen molar-refractivity contribution in [3.8, 4) is 0 Å². The van der Waals surface area contributed by atoms with Gasteiger partial charge in [-0.25, -0.2) is 0 Å². The first-order valence-corrected chi connectivity index (χ1v) is 8.11. The van der Waals surface area contributed by atoms with Gasteiger partial charge in [-0.3, -0.25) is 4.79 Å². The molecule has 3 nitrogen and oxygen atoms in total. The van der Waals surface area contributed by atoms with Gasteiger partial charge >= 0.3 is 0 Å². The van der Waals surface area contributed by atoms with Crippen LogP contribution in [-0.2, 0) is 4.79 Å². The second-order valence-corrected chi connectivity index (χ2v) is 6.88. The van der Waals surface area contributed by atoms with Crippen LogP contribution in [0.1, 0.15) is 59.3 Å². The van der Waals surface area contributed by atoms with Crippen LogP contribution in [0, 0.1) is 11.8 Å². The number of carbonyl (C=O) groups excluding carboxylic acids is 1. The summed E-state index contributed by atoms with van der Waals surface area (Å²) < 4.78 is 0. The van der Waals surface area contributed by atoms with E-state index in [4.69, 9.17) is 0 Å². The maximum Gasteiger partial charge on any atom is 0.225 e. The Balaban J connectivity index is 1.70. The average molecular weight is 266 g/mol. The normalized spacial score (nSPS) is 29.8. The SMILES string of the molecule is CC1CCC(NC2CCN(C(=O)C(C)C)CC2)CC1. The molecule has 1 aliphatic carbocycles. The quantitative estimate of drug-likeness (QED) is 0.852. The van der Waals surface area contributed by atoms with Crippen LogP contribution < -0.4 is 5.32 Å². The third kappa shape index (κ3) is 4.20. The molecule has 1 heterocycles. The van der Waals surface area contributed by atoms with Crippen LogP contribution in [0.5, 0.6) is 0 Å². The summed E-state index contributed by atoms with van der Waals surface area (Å²) in [6.07, 6.45) is 7.69. The fourth-order valence-corrected chi connectivity index (χ4v) is 3.39. The highest BCUT2D eigenvalue weighted by Gasteiger charge is 2.26. The standard InChI is InChI=1S/C16H30N2O/c1-12(2)16(19)18-10-8-15(9-11-18)17-14-6-4-13(3)5-7-14/h12-15,17H,4-11H2,1-3H3. The molecule has 3 heteroatoms. The lowest BCUT2D eigenvalue weighted by Gasteiger charge is -2.37. The van der Waals surface area contributed by atoms with Gasteiger partial charge in [-0.05, 0) is 44.4 Å². The molecule has 0 spiro atoms. The molecule has 2 fully saturated rings. The topological polar surface area (TPSA) is 32.3 Å². The molecule has 110 valence electrons. The van der Waals surface area contributed by atoms with Crippen molar-refractivity contribution in [3.05, 3.63) is 0 Å². The summed E-state index contributed by atoms with van der Waals surface area (Å²) >= 11 is 0. The lowest BCUT2D eigenvalue weighted by atomic mass is 9.86. The Kier molecular flexibility index (Phi) is 5.26. The van der Waals surface area contributed by atoms with Crippen molar-refractivity contribution in [2.24, 2.45) is 11.8 Å². The first kappa shape index (κ1) is 14.8. The summed E-state index contributed by atoms with van der Waals surface area (Å²) in [5, 5.41) is 3.83. The summed E-state index contributed by atoms with van der Waals surface area (Å²) in [4.78, 5) is 14.0. The van der Waals surface area contributed by atoms with Crippen molar-refractivity contribution < 1.29 is 4.79 Å². The Labute approximate surface area is 118 Å². The lowest BCUT2D eigenvalue weighted by Crippen LogP contribution is -2.49. The van der Waals surface area contributed by atoms with E-state index in [1.165, 1.54) is 25.7 Å². The van der Waals surface area contributed by atoms with Crippen molar-refractivity contribution in [2.45, 2.75) is 71.4 Å². The van der Waals surface area contributed by atoms with Crippen LogP contribution >= 0.6 is 0 Å². The van der Waals surface area contributed by atoms with E-state index in [2.05, 4.69) is 12.2 Å². The highest BCUT2D eigenvalue weighted by Crippen LogP contribution is 2.25. The van der Waals surface area contributed by atoms with Gasteiger partial charge in [0.1, 0.15) is 0 Å². The highest BCUT2D eigenvalue weighted by atomic mass is 16.2. The number of rotatable bonds is 3. The molecule has 0 aromatic rings. The number of piperidine rings is 1. The highest BCUT2D eigenvalue weighted by molar-refractivity contribution is 5.78. The zero-order valence-electron chi connectivity index (χ0n) is 12.8. The Morgan fingerprint density at radius 1 is 1.00 bits per heavy atom. The molecule has 1 amide bonds. The van der Waals surface area contributed by atoms with E-state index in [0.29, 0.717) is 11.9 Å². The van der Waals surface area contributed by atoms with Crippen LogP contribution in [0.2, 0.25) is 0 Å². The van der Waals surface area contributed by atoms with Crippen LogP contribution in [0.3, 0.4) is 0 Å². The van der Waals surface area contributed by atoms with Gasteiger partial charge in [-0.15, -0.1) is 0 Å². The van der Waals surface area contributed by atoms with Gasteiger partial charge in [0.2, 0.25) is 5.91 Å². The van der Waals surface area contributed by atoms with Gasteiger partial charge < -0.3 is 10.2 Å². The molecule has 0 atom stereocenters. The van der Waals surface area contributed by atoms with Crippen molar-refractivity contribution in [2.75, 3.05) is 13.1 Å². The van der Waals surface area contributed by atoms with Crippen LogP contribution in [0.25, 0.3) is 0 Å².